The molecule has 0 unspecified atom stereocenters. The fourth-order valence-electron chi connectivity index (χ4n) is 3.48. The first-order chi connectivity index (χ1) is 18.2. The number of imide groups is 1. The van der Waals surface area contributed by atoms with Gasteiger partial charge in [-0.15, -0.1) is 0 Å². The Bertz CT molecular complexity index is 1440. The summed E-state index contributed by atoms with van der Waals surface area (Å²) in [7, 11) is 1.23. The van der Waals surface area contributed by atoms with E-state index in [1.807, 2.05) is 6.92 Å². The minimum Gasteiger partial charge on any atom is -0.490 e. The molecule has 2 heterocycles. The van der Waals surface area contributed by atoms with E-state index in [0.29, 0.717) is 33.7 Å². The Kier molecular flexibility index (Phi) is 8.94. The average Bonchev–Trinajstić information content (AvgIpc) is 3.46. The number of ether oxygens (including phenoxy) is 3. The molecule has 0 aliphatic carbocycles. The highest BCUT2D eigenvalue weighted by atomic mass is 35.5. The molecular weight excluding hydrogens is 577 g/mol. The second-order valence-electron chi connectivity index (χ2n) is 7.83. The zero-order valence-corrected chi connectivity index (χ0v) is 23.2. The lowest BCUT2D eigenvalue weighted by Crippen LogP contribution is -2.27. The Morgan fingerprint density at radius 3 is 2.53 bits per heavy atom. The third-order valence-corrected chi connectivity index (χ3v) is 7.16. The van der Waals surface area contributed by atoms with Crippen LogP contribution < -0.4 is 9.47 Å². The zero-order chi connectivity index (χ0) is 27.4. The molecule has 38 heavy (non-hydrogen) atoms. The van der Waals surface area contributed by atoms with E-state index < -0.39 is 17.1 Å². The van der Waals surface area contributed by atoms with Crippen molar-refractivity contribution in [2.24, 2.45) is 0 Å². The molecule has 4 rings (SSSR count). The molecule has 198 valence electrons. The maximum Gasteiger partial charge on any atom is 0.373 e. The van der Waals surface area contributed by atoms with Crippen LogP contribution in [0.5, 0.6) is 11.5 Å². The van der Waals surface area contributed by atoms with E-state index in [4.69, 9.17) is 48.7 Å². The van der Waals surface area contributed by atoms with Crippen LogP contribution in [0.4, 0.5) is 4.79 Å². The number of benzene rings is 2. The van der Waals surface area contributed by atoms with Gasteiger partial charge in [0.05, 0.1) is 40.2 Å². The number of carbonyl (C=O) groups excluding carboxylic acids is 3. The van der Waals surface area contributed by atoms with Crippen molar-refractivity contribution < 1.29 is 33.0 Å². The fraction of sp³-hybridized carbons (Fsp3) is 0.192. The predicted octanol–water partition coefficient (Wildman–Crippen LogP) is 7.24. The number of rotatable bonds is 9. The van der Waals surface area contributed by atoms with E-state index in [9.17, 15) is 14.4 Å². The normalized spacial score (nSPS) is 14.3. The number of hydrogen-bond acceptors (Lipinski definition) is 8. The Labute approximate surface area is 237 Å². The van der Waals surface area contributed by atoms with Crippen LogP contribution in [-0.4, -0.2) is 35.7 Å². The van der Waals surface area contributed by atoms with Crippen LogP contribution in [0.3, 0.4) is 0 Å². The molecule has 0 spiro atoms. The molecule has 12 heteroatoms. The Morgan fingerprint density at radius 2 is 1.82 bits per heavy atom. The zero-order valence-electron chi connectivity index (χ0n) is 20.1. The van der Waals surface area contributed by atoms with E-state index in [1.165, 1.54) is 19.2 Å². The van der Waals surface area contributed by atoms with Crippen molar-refractivity contribution in [2.45, 2.75) is 20.1 Å². The Hall–Kier alpha value is -3.11. The van der Waals surface area contributed by atoms with Gasteiger partial charge in [-0.05, 0) is 72.3 Å². The van der Waals surface area contributed by atoms with E-state index in [-0.39, 0.29) is 34.6 Å². The first-order valence-electron chi connectivity index (χ1n) is 11.2. The first kappa shape index (κ1) is 27.9. The fourth-order valence-corrected chi connectivity index (χ4v) is 4.91. The summed E-state index contributed by atoms with van der Waals surface area (Å²) in [5.74, 6) is -0.231. The van der Waals surface area contributed by atoms with Crippen LogP contribution in [0, 0.1) is 0 Å². The van der Waals surface area contributed by atoms with Gasteiger partial charge in [0.1, 0.15) is 12.4 Å². The molecule has 0 saturated carbocycles. The van der Waals surface area contributed by atoms with Crippen molar-refractivity contribution in [3.8, 4) is 11.5 Å². The van der Waals surface area contributed by atoms with Crippen LogP contribution in [0.15, 0.2) is 51.8 Å². The van der Waals surface area contributed by atoms with E-state index in [1.54, 1.807) is 36.4 Å². The summed E-state index contributed by atoms with van der Waals surface area (Å²) in [6, 6.07) is 11.4. The largest absolute Gasteiger partial charge is 0.490 e. The third kappa shape index (κ3) is 6.30. The van der Waals surface area contributed by atoms with E-state index in [2.05, 4.69) is 4.74 Å². The molecule has 1 saturated heterocycles. The van der Waals surface area contributed by atoms with Gasteiger partial charge in [0.15, 0.2) is 11.5 Å². The van der Waals surface area contributed by atoms with Gasteiger partial charge in [0.25, 0.3) is 11.1 Å². The quantitative estimate of drug-likeness (QED) is 0.188. The highest BCUT2D eigenvalue weighted by molar-refractivity contribution is 8.18. The van der Waals surface area contributed by atoms with Crippen LogP contribution in [0.1, 0.15) is 34.4 Å². The van der Waals surface area contributed by atoms with Crippen molar-refractivity contribution in [3.05, 3.63) is 85.1 Å². The van der Waals surface area contributed by atoms with Gasteiger partial charge in [-0.1, -0.05) is 40.9 Å². The molecule has 0 N–H and O–H groups in total. The lowest BCUT2D eigenvalue weighted by atomic mass is 10.1. The summed E-state index contributed by atoms with van der Waals surface area (Å²) in [5, 5.41) is 0.624. The van der Waals surface area contributed by atoms with Crippen molar-refractivity contribution >= 4 is 69.8 Å². The minimum absolute atomic E-state index is 0.0235. The second-order valence-corrected chi connectivity index (χ2v) is 10.0. The van der Waals surface area contributed by atoms with Gasteiger partial charge in [-0.25, -0.2) is 4.79 Å². The lowest BCUT2D eigenvalue weighted by Gasteiger charge is -2.15. The molecule has 3 aromatic rings. The Balaban J connectivity index is 1.53. The maximum absolute atomic E-state index is 13.0. The van der Waals surface area contributed by atoms with Crippen molar-refractivity contribution in [1.29, 1.82) is 0 Å². The average molecular weight is 597 g/mol. The summed E-state index contributed by atoms with van der Waals surface area (Å²) in [6.45, 7) is 2.19. The second kappa shape index (κ2) is 12.2. The van der Waals surface area contributed by atoms with Crippen molar-refractivity contribution in [1.82, 2.24) is 4.90 Å². The summed E-state index contributed by atoms with van der Waals surface area (Å²) < 4.78 is 21.6. The first-order valence-corrected chi connectivity index (χ1v) is 13.1. The number of hydrogen-bond donors (Lipinski definition) is 0. The van der Waals surface area contributed by atoms with Gasteiger partial charge in [-0.2, -0.15) is 0 Å². The molecule has 2 aromatic carbocycles. The molecular formula is C26H20Cl3NO7S. The smallest absolute Gasteiger partial charge is 0.373 e. The molecule has 1 aromatic heterocycles. The standard InChI is InChI=1S/C26H20Cl3NO7S/c1-3-35-21-10-15(9-19(29)23(21)36-13-14-4-6-17(27)18(28)8-14)11-22-24(31)30(26(33)38-22)12-16-5-7-20(37-16)25(32)34-2/h4-11H,3,12-13H2,1-2H3/b22-11+. The van der Waals surface area contributed by atoms with Gasteiger partial charge < -0.3 is 18.6 Å². The molecule has 0 atom stereocenters. The number of thioether (sulfide) groups is 1. The summed E-state index contributed by atoms with van der Waals surface area (Å²) in [4.78, 5) is 38.3. The lowest BCUT2D eigenvalue weighted by molar-refractivity contribution is -0.123. The van der Waals surface area contributed by atoms with Crippen LogP contribution in [-0.2, 0) is 22.7 Å². The molecule has 1 aliphatic rings. The molecule has 1 fully saturated rings. The number of methoxy groups -OCH3 is 1. The molecule has 8 nitrogen and oxygen atoms in total. The summed E-state index contributed by atoms with van der Waals surface area (Å²) in [5.41, 5.74) is 1.32. The van der Waals surface area contributed by atoms with Crippen LogP contribution in [0.2, 0.25) is 15.1 Å². The summed E-state index contributed by atoms with van der Waals surface area (Å²) in [6.07, 6.45) is 1.55. The topological polar surface area (TPSA) is 95.3 Å². The maximum atomic E-state index is 13.0. The number of amides is 2. The summed E-state index contributed by atoms with van der Waals surface area (Å²) >= 11 is 19.4. The number of halogens is 3. The number of esters is 1. The van der Waals surface area contributed by atoms with Crippen LogP contribution in [0.25, 0.3) is 6.08 Å². The van der Waals surface area contributed by atoms with E-state index in [0.717, 1.165) is 22.2 Å². The van der Waals surface area contributed by atoms with E-state index >= 15 is 0 Å². The van der Waals surface area contributed by atoms with Gasteiger partial charge in [0, 0.05) is 0 Å². The monoisotopic (exact) mass is 595 g/mol. The minimum atomic E-state index is -0.656. The highest BCUT2D eigenvalue weighted by Gasteiger charge is 2.36. The van der Waals surface area contributed by atoms with Crippen molar-refractivity contribution in [2.75, 3.05) is 13.7 Å². The molecule has 2 amide bonds. The Morgan fingerprint density at radius 1 is 1.03 bits per heavy atom. The number of furan rings is 1. The molecule has 1 aliphatic heterocycles. The van der Waals surface area contributed by atoms with Crippen molar-refractivity contribution in [3.63, 3.8) is 0 Å². The van der Waals surface area contributed by atoms with Gasteiger partial charge in [0.2, 0.25) is 5.76 Å². The SMILES string of the molecule is CCOc1cc(/C=C2/SC(=O)N(Cc3ccc(C(=O)OC)o3)C2=O)cc(Cl)c1OCc1ccc(Cl)c(Cl)c1. The van der Waals surface area contributed by atoms with Crippen LogP contribution >= 0.6 is 46.6 Å². The molecule has 0 bridgehead atoms. The third-order valence-electron chi connectivity index (χ3n) is 5.23. The molecule has 0 radical (unpaired) electrons. The number of nitrogens with zero attached hydrogens (tertiary/aromatic N) is 1. The van der Waals surface area contributed by atoms with Gasteiger partial charge in [-0.3, -0.25) is 14.5 Å². The predicted molar refractivity (Wildman–Crippen MR) is 145 cm³/mol. The number of carbonyl (C=O) groups is 3. The highest BCUT2D eigenvalue weighted by Crippen LogP contribution is 2.40. The van der Waals surface area contributed by atoms with Gasteiger partial charge >= 0.3 is 5.97 Å².